The van der Waals surface area contributed by atoms with Gasteiger partial charge in [-0.1, -0.05) is 32.1 Å². The van der Waals surface area contributed by atoms with E-state index in [0.717, 1.165) is 6.07 Å². The first-order valence-electron chi connectivity index (χ1n) is 9.81. The molecule has 4 aromatic rings. The maximum atomic E-state index is 13.8. The zero-order valence-corrected chi connectivity index (χ0v) is 17.6. The van der Waals surface area contributed by atoms with E-state index in [1.165, 1.54) is 0 Å². The van der Waals surface area contributed by atoms with Crippen molar-refractivity contribution in [2.45, 2.75) is 45.8 Å². The maximum absolute atomic E-state index is 13.8. The molecule has 0 saturated carbocycles. The number of aromatic amines is 2. The fraction of sp³-hybridized carbons (Fsp3) is 0.318. The van der Waals surface area contributed by atoms with Crippen LogP contribution in [0.1, 0.15) is 39.0 Å². The molecule has 0 radical (unpaired) electrons. The lowest BCUT2D eigenvalue weighted by Gasteiger charge is -2.26. The average Bonchev–Trinajstić information content (AvgIpc) is 3.24. The molecule has 1 aromatic carbocycles. The number of H-pyrrole nitrogens is 2. The van der Waals surface area contributed by atoms with Gasteiger partial charge in [0.2, 0.25) is 0 Å². The topological polar surface area (TPSA) is 79.4 Å². The first-order valence-corrected chi connectivity index (χ1v) is 9.81. The first kappa shape index (κ1) is 20.9. The van der Waals surface area contributed by atoms with Crippen LogP contribution in [0.3, 0.4) is 0 Å². The van der Waals surface area contributed by atoms with Crippen LogP contribution < -0.4 is 5.69 Å². The van der Waals surface area contributed by atoms with Crippen LogP contribution in [-0.4, -0.2) is 24.7 Å². The molecular formula is C22H22F3N5O. The Morgan fingerprint density at radius 1 is 1.13 bits per heavy atom. The van der Waals surface area contributed by atoms with Crippen molar-refractivity contribution in [1.82, 2.24) is 24.7 Å². The molecule has 3 heterocycles. The summed E-state index contributed by atoms with van der Waals surface area (Å²) in [5.41, 5.74) is 1.85. The molecule has 0 atom stereocenters. The van der Waals surface area contributed by atoms with E-state index in [1.807, 2.05) is 20.8 Å². The Morgan fingerprint density at radius 2 is 1.81 bits per heavy atom. The summed E-state index contributed by atoms with van der Waals surface area (Å²) in [6.07, 6.45) is -4.62. The molecule has 4 rings (SSSR count). The summed E-state index contributed by atoms with van der Waals surface area (Å²) in [4.78, 5) is 21.0. The van der Waals surface area contributed by atoms with Gasteiger partial charge in [0.15, 0.2) is 0 Å². The number of aromatic nitrogens is 5. The SMILES string of the molecule is C=C(C)C(C)(C)c1cc(C(F)(F)F)nc2c(-c3ccc4[nH]c(=O)[nH]c4c3)n(CC)nc12. The Balaban J connectivity index is 2.12. The maximum Gasteiger partial charge on any atom is 0.433 e. The zero-order chi connectivity index (χ0) is 22.7. The minimum atomic E-state index is -4.62. The van der Waals surface area contributed by atoms with Gasteiger partial charge in [-0.2, -0.15) is 18.3 Å². The molecule has 0 aliphatic heterocycles. The molecule has 31 heavy (non-hydrogen) atoms. The van der Waals surface area contributed by atoms with Gasteiger partial charge in [-0.3, -0.25) is 4.68 Å². The lowest BCUT2D eigenvalue weighted by Crippen LogP contribution is -2.21. The number of nitrogens with one attached hydrogen (secondary N) is 2. The van der Waals surface area contributed by atoms with Gasteiger partial charge in [0.25, 0.3) is 0 Å². The molecule has 9 heteroatoms. The number of alkyl halides is 3. The summed E-state index contributed by atoms with van der Waals surface area (Å²) in [6, 6.07) is 6.22. The minimum Gasteiger partial charge on any atom is -0.306 e. The van der Waals surface area contributed by atoms with Gasteiger partial charge in [0, 0.05) is 17.5 Å². The smallest absolute Gasteiger partial charge is 0.306 e. The summed E-state index contributed by atoms with van der Waals surface area (Å²) < 4.78 is 42.9. The Morgan fingerprint density at radius 3 is 2.42 bits per heavy atom. The quantitative estimate of drug-likeness (QED) is 0.440. The van der Waals surface area contributed by atoms with Crippen LogP contribution in [0.2, 0.25) is 0 Å². The Labute approximate surface area is 175 Å². The standard InChI is InChI=1S/C22H22F3N5O/c1-6-30-19(12-7-8-14-15(9-12)27-20(31)26-14)18-17(29-30)13(21(4,5)11(2)3)10-16(28-18)22(23,24)25/h7-10H,2,6H2,1,3-5H3,(H2,26,27,31). The Bertz CT molecular complexity index is 1390. The van der Waals surface area contributed by atoms with E-state index >= 15 is 0 Å². The van der Waals surface area contributed by atoms with Crippen molar-refractivity contribution in [3.05, 3.63) is 58.2 Å². The van der Waals surface area contributed by atoms with Crippen LogP contribution in [-0.2, 0) is 18.1 Å². The molecule has 0 bridgehead atoms. The van der Waals surface area contributed by atoms with Gasteiger partial charge in [0.1, 0.15) is 16.7 Å². The summed E-state index contributed by atoms with van der Waals surface area (Å²) in [5.74, 6) is 0. The van der Waals surface area contributed by atoms with E-state index in [2.05, 4.69) is 26.6 Å². The summed E-state index contributed by atoms with van der Waals surface area (Å²) >= 11 is 0. The number of hydrogen-bond donors (Lipinski definition) is 2. The third-order valence-electron chi connectivity index (χ3n) is 5.82. The van der Waals surface area contributed by atoms with Crippen LogP contribution in [0.25, 0.3) is 33.3 Å². The highest BCUT2D eigenvalue weighted by Crippen LogP contribution is 2.41. The van der Waals surface area contributed by atoms with Gasteiger partial charge < -0.3 is 9.97 Å². The molecule has 2 N–H and O–H groups in total. The number of benzene rings is 1. The van der Waals surface area contributed by atoms with Gasteiger partial charge in [0.05, 0.1) is 16.7 Å². The molecule has 0 unspecified atom stereocenters. The molecule has 0 saturated heterocycles. The number of allylic oxidation sites excluding steroid dienone is 1. The number of hydrogen-bond acceptors (Lipinski definition) is 3. The normalized spacial score (nSPS) is 12.7. The van der Waals surface area contributed by atoms with Crippen molar-refractivity contribution in [3.63, 3.8) is 0 Å². The number of pyridine rings is 1. The molecule has 162 valence electrons. The van der Waals surface area contributed by atoms with E-state index < -0.39 is 17.3 Å². The Kier molecular flexibility index (Phi) is 4.60. The summed E-state index contributed by atoms with van der Waals surface area (Å²) in [6.45, 7) is 11.7. The lowest BCUT2D eigenvalue weighted by atomic mass is 9.78. The van der Waals surface area contributed by atoms with Crippen LogP contribution >= 0.6 is 0 Å². The van der Waals surface area contributed by atoms with Gasteiger partial charge >= 0.3 is 11.9 Å². The highest BCUT2D eigenvalue weighted by Gasteiger charge is 2.37. The van der Waals surface area contributed by atoms with Crippen molar-refractivity contribution in [2.75, 3.05) is 0 Å². The predicted molar refractivity (Wildman–Crippen MR) is 114 cm³/mol. The van der Waals surface area contributed by atoms with E-state index in [-0.39, 0.29) is 11.2 Å². The largest absolute Gasteiger partial charge is 0.433 e. The molecule has 0 amide bonds. The number of halogens is 3. The molecular weight excluding hydrogens is 407 g/mol. The van der Waals surface area contributed by atoms with Crippen LogP contribution in [0.4, 0.5) is 13.2 Å². The van der Waals surface area contributed by atoms with Gasteiger partial charge in [-0.25, -0.2) is 9.78 Å². The van der Waals surface area contributed by atoms with E-state index in [4.69, 9.17) is 0 Å². The third-order valence-corrected chi connectivity index (χ3v) is 5.82. The number of rotatable bonds is 4. The highest BCUT2D eigenvalue weighted by atomic mass is 19.4. The van der Waals surface area contributed by atoms with Crippen molar-refractivity contribution in [2.24, 2.45) is 0 Å². The Hall–Kier alpha value is -3.36. The molecule has 0 aliphatic rings. The van der Waals surface area contributed by atoms with Crippen molar-refractivity contribution < 1.29 is 13.2 Å². The second-order valence-electron chi connectivity index (χ2n) is 8.16. The van der Waals surface area contributed by atoms with Crippen LogP contribution in [0.5, 0.6) is 0 Å². The number of aryl methyl sites for hydroxylation is 1. The van der Waals surface area contributed by atoms with E-state index in [0.29, 0.717) is 45.5 Å². The van der Waals surface area contributed by atoms with Gasteiger partial charge in [-0.15, -0.1) is 0 Å². The monoisotopic (exact) mass is 429 g/mol. The number of imidazole rings is 1. The molecule has 0 fully saturated rings. The van der Waals surface area contributed by atoms with E-state index in [9.17, 15) is 18.0 Å². The average molecular weight is 429 g/mol. The van der Waals surface area contributed by atoms with Gasteiger partial charge in [-0.05, 0) is 37.6 Å². The van der Waals surface area contributed by atoms with Crippen molar-refractivity contribution in [1.29, 1.82) is 0 Å². The van der Waals surface area contributed by atoms with Crippen molar-refractivity contribution >= 4 is 22.1 Å². The van der Waals surface area contributed by atoms with Crippen LogP contribution in [0, 0.1) is 0 Å². The second-order valence-corrected chi connectivity index (χ2v) is 8.16. The summed E-state index contributed by atoms with van der Waals surface area (Å²) in [5, 5.41) is 4.63. The lowest BCUT2D eigenvalue weighted by molar-refractivity contribution is -0.141. The fourth-order valence-electron chi connectivity index (χ4n) is 3.64. The number of nitrogens with zero attached hydrogens (tertiary/aromatic N) is 3. The number of fused-ring (bicyclic) bond motifs is 2. The van der Waals surface area contributed by atoms with Crippen LogP contribution in [0.15, 0.2) is 41.2 Å². The molecule has 6 nitrogen and oxygen atoms in total. The molecule has 0 spiro atoms. The molecule has 3 aromatic heterocycles. The minimum absolute atomic E-state index is 0.165. The predicted octanol–water partition coefficient (Wildman–Crippen LogP) is 5.16. The third kappa shape index (κ3) is 3.34. The second kappa shape index (κ2) is 6.83. The highest BCUT2D eigenvalue weighted by molar-refractivity contribution is 5.95. The molecule has 0 aliphatic carbocycles. The fourth-order valence-corrected chi connectivity index (χ4v) is 3.64. The van der Waals surface area contributed by atoms with E-state index in [1.54, 1.807) is 29.8 Å². The summed E-state index contributed by atoms with van der Waals surface area (Å²) in [7, 11) is 0. The zero-order valence-electron chi connectivity index (χ0n) is 17.6. The van der Waals surface area contributed by atoms with Crippen molar-refractivity contribution in [3.8, 4) is 11.3 Å². The first-order chi connectivity index (χ1) is 14.4.